The molecule has 0 unspecified atom stereocenters. The van der Waals surface area contributed by atoms with Crippen molar-refractivity contribution in [2.45, 2.75) is 32.4 Å². The zero-order valence-electron chi connectivity index (χ0n) is 11.8. The molecule has 1 aromatic rings. The van der Waals surface area contributed by atoms with Gasteiger partial charge in [-0.05, 0) is 18.9 Å². The molecule has 0 aromatic heterocycles. The number of likely N-dealkylation sites (N-methyl/N-ethyl adjacent to an activating group) is 1. The Balaban J connectivity index is 2.71. The summed E-state index contributed by atoms with van der Waals surface area (Å²) in [5.41, 5.74) is 0.796. The van der Waals surface area contributed by atoms with Crippen LogP contribution in [0.2, 0.25) is 0 Å². The van der Waals surface area contributed by atoms with Crippen molar-refractivity contribution in [3.63, 3.8) is 0 Å². The van der Waals surface area contributed by atoms with E-state index in [1.165, 1.54) is 0 Å². The van der Waals surface area contributed by atoms with Gasteiger partial charge in [0.15, 0.2) is 0 Å². The summed E-state index contributed by atoms with van der Waals surface area (Å²) < 4.78 is 0. The minimum atomic E-state index is -0.712. The maximum Gasteiger partial charge on any atom is 0.225 e. The molecule has 0 saturated heterocycles. The lowest BCUT2D eigenvalue weighted by molar-refractivity contribution is -0.138. The van der Waals surface area contributed by atoms with Crippen LogP contribution in [0.25, 0.3) is 0 Å². The van der Waals surface area contributed by atoms with E-state index in [0.29, 0.717) is 6.42 Å². The van der Waals surface area contributed by atoms with Crippen LogP contribution < -0.4 is 0 Å². The first-order valence-electron chi connectivity index (χ1n) is 6.59. The van der Waals surface area contributed by atoms with Gasteiger partial charge in [0.05, 0.1) is 12.1 Å². The van der Waals surface area contributed by atoms with Gasteiger partial charge in [0.1, 0.15) is 0 Å². The summed E-state index contributed by atoms with van der Waals surface area (Å²) in [7, 11) is 1.69. The normalized spacial score (nSPS) is 15.6. The molecule has 0 fully saturated rings. The molecule has 3 atom stereocenters. The predicted octanol–water partition coefficient (Wildman–Crippen LogP) is 1.59. The smallest absolute Gasteiger partial charge is 0.225 e. The molecule has 4 nitrogen and oxygen atoms in total. The average Bonchev–Trinajstić information content (AvgIpc) is 2.45. The Labute approximate surface area is 114 Å². The molecule has 1 aromatic carbocycles. The second-order valence-corrected chi connectivity index (χ2v) is 4.96. The molecule has 2 N–H and O–H groups in total. The number of aliphatic hydroxyl groups excluding tert-OH is 2. The van der Waals surface area contributed by atoms with Crippen molar-refractivity contribution in [1.82, 2.24) is 4.90 Å². The van der Waals surface area contributed by atoms with E-state index in [-0.39, 0.29) is 24.5 Å². The molecule has 0 spiro atoms. The molecule has 106 valence electrons. The van der Waals surface area contributed by atoms with Crippen LogP contribution in [-0.2, 0) is 4.79 Å². The summed E-state index contributed by atoms with van der Waals surface area (Å²) in [5.74, 6) is -0.294. The Morgan fingerprint density at radius 3 is 2.37 bits per heavy atom. The Morgan fingerprint density at radius 1 is 1.26 bits per heavy atom. The molecule has 0 aliphatic rings. The number of benzene rings is 1. The van der Waals surface area contributed by atoms with E-state index in [4.69, 9.17) is 5.11 Å². The fraction of sp³-hybridized carbons (Fsp3) is 0.533. The van der Waals surface area contributed by atoms with Gasteiger partial charge < -0.3 is 15.1 Å². The third kappa shape index (κ3) is 4.04. The summed E-state index contributed by atoms with van der Waals surface area (Å²) in [6, 6.07) is 8.99. The molecule has 19 heavy (non-hydrogen) atoms. The van der Waals surface area contributed by atoms with Crippen molar-refractivity contribution in [1.29, 1.82) is 0 Å². The highest BCUT2D eigenvalue weighted by atomic mass is 16.3. The molecule has 1 rings (SSSR count). The number of nitrogens with zero attached hydrogens (tertiary/aromatic N) is 1. The Kier molecular flexibility index (Phi) is 5.99. The van der Waals surface area contributed by atoms with Crippen molar-refractivity contribution in [2.24, 2.45) is 5.92 Å². The number of carbonyl (C=O) groups is 1. The van der Waals surface area contributed by atoms with Gasteiger partial charge in [-0.25, -0.2) is 0 Å². The molecule has 1 amide bonds. The summed E-state index contributed by atoms with van der Waals surface area (Å²) in [6.45, 7) is 3.61. The van der Waals surface area contributed by atoms with Gasteiger partial charge in [-0.3, -0.25) is 4.79 Å². The van der Waals surface area contributed by atoms with E-state index < -0.39 is 6.10 Å². The predicted molar refractivity (Wildman–Crippen MR) is 74.5 cm³/mol. The van der Waals surface area contributed by atoms with Crippen molar-refractivity contribution < 1.29 is 15.0 Å². The topological polar surface area (TPSA) is 60.8 Å². The second kappa shape index (κ2) is 7.26. The van der Waals surface area contributed by atoms with Gasteiger partial charge >= 0.3 is 0 Å². The monoisotopic (exact) mass is 265 g/mol. The highest BCUT2D eigenvalue weighted by molar-refractivity contribution is 5.78. The van der Waals surface area contributed by atoms with Gasteiger partial charge in [0, 0.05) is 19.6 Å². The van der Waals surface area contributed by atoms with E-state index in [0.717, 1.165) is 5.56 Å². The zero-order valence-corrected chi connectivity index (χ0v) is 11.8. The quantitative estimate of drug-likeness (QED) is 0.821. The maximum absolute atomic E-state index is 12.1. The van der Waals surface area contributed by atoms with Gasteiger partial charge in [0.2, 0.25) is 5.91 Å². The minimum Gasteiger partial charge on any atom is -0.396 e. The van der Waals surface area contributed by atoms with Gasteiger partial charge in [-0.2, -0.15) is 0 Å². The van der Waals surface area contributed by atoms with E-state index in [1.54, 1.807) is 18.9 Å². The van der Waals surface area contributed by atoms with Crippen molar-refractivity contribution >= 4 is 5.91 Å². The van der Waals surface area contributed by atoms with Crippen LogP contribution in [-0.4, -0.2) is 40.7 Å². The fourth-order valence-corrected chi connectivity index (χ4v) is 2.01. The van der Waals surface area contributed by atoms with Gasteiger partial charge in [-0.15, -0.1) is 0 Å². The summed E-state index contributed by atoms with van der Waals surface area (Å²) in [5, 5.41) is 19.1. The molecule has 0 heterocycles. The third-order valence-corrected chi connectivity index (χ3v) is 3.54. The first kappa shape index (κ1) is 15.7. The van der Waals surface area contributed by atoms with E-state index in [2.05, 4.69) is 0 Å². The van der Waals surface area contributed by atoms with Crippen molar-refractivity contribution in [2.75, 3.05) is 13.7 Å². The van der Waals surface area contributed by atoms with E-state index >= 15 is 0 Å². The number of carbonyl (C=O) groups excluding carboxylic acids is 1. The van der Waals surface area contributed by atoms with E-state index in [1.807, 2.05) is 37.3 Å². The maximum atomic E-state index is 12.1. The number of hydrogen-bond acceptors (Lipinski definition) is 3. The summed E-state index contributed by atoms with van der Waals surface area (Å²) >= 11 is 0. The Hall–Kier alpha value is -1.39. The van der Waals surface area contributed by atoms with Crippen LogP contribution in [0.3, 0.4) is 0 Å². The number of aliphatic hydroxyl groups is 2. The lowest BCUT2D eigenvalue weighted by atomic mass is 10.0. The van der Waals surface area contributed by atoms with Crippen molar-refractivity contribution in [3.05, 3.63) is 35.9 Å². The largest absolute Gasteiger partial charge is 0.396 e. The molecule has 4 heteroatoms. The van der Waals surface area contributed by atoms with Crippen LogP contribution in [0.4, 0.5) is 0 Å². The molecule has 0 radical (unpaired) electrons. The fourth-order valence-electron chi connectivity index (χ4n) is 2.01. The molecule has 0 aliphatic carbocycles. The van der Waals surface area contributed by atoms with Crippen LogP contribution in [0, 0.1) is 5.92 Å². The first-order valence-corrected chi connectivity index (χ1v) is 6.59. The molecule has 0 bridgehead atoms. The van der Waals surface area contributed by atoms with Gasteiger partial charge in [-0.1, -0.05) is 37.3 Å². The van der Waals surface area contributed by atoms with Crippen LogP contribution in [0.5, 0.6) is 0 Å². The molecular formula is C15H23NO3. The Morgan fingerprint density at radius 2 is 1.84 bits per heavy atom. The zero-order chi connectivity index (χ0) is 14.4. The van der Waals surface area contributed by atoms with Crippen LogP contribution in [0.15, 0.2) is 30.3 Å². The van der Waals surface area contributed by atoms with Crippen molar-refractivity contribution in [3.8, 4) is 0 Å². The van der Waals surface area contributed by atoms with Gasteiger partial charge in [0.25, 0.3) is 0 Å². The van der Waals surface area contributed by atoms with Crippen LogP contribution in [0.1, 0.15) is 31.9 Å². The molecule has 0 saturated carbocycles. The SMILES string of the molecule is C[C@H](CCO)C(=O)N(C)[C@@H](C)[C@@H](O)c1ccccc1. The molecular weight excluding hydrogens is 242 g/mol. The standard InChI is InChI=1S/C15H23NO3/c1-11(9-10-17)15(19)16(3)12(2)14(18)13-7-5-4-6-8-13/h4-8,11-12,14,17-18H,9-10H2,1-3H3/t11-,12+,14-/m1/s1. The summed E-state index contributed by atoms with van der Waals surface area (Å²) in [6.07, 6.45) is -0.270. The lowest BCUT2D eigenvalue weighted by Crippen LogP contribution is -2.41. The average molecular weight is 265 g/mol. The third-order valence-electron chi connectivity index (χ3n) is 3.54. The highest BCUT2D eigenvalue weighted by Gasteiger charge is 2.26. The molecule has 0 aliphatic heterocycles. The highest BCUT2D eigenvalue weighted by Crippen LogP contribution is 2.21. The first-order chi connectivity index (χ1) is 8.99. The van der Waals surface area contributed by atoms with Crippen LogP contribution >= 0.6 is 0 Å². The number of amides is 1. The second-order valence-electron chi connectivity index (χ2n) is 4.96. The number of rotatable bonds is 6. The number of hydrogen-bond donors (Lipinski definition) is 2. The summed E-state index contributed by atoms with van der Waals surface area (Å²) in [4.78, 5) is 13.7. The Bertz CT molecular complexity index is 394. The lowest BCUT2D eigenvalue weighted by Gasteiger charge is -2.31. The van der Waals surface area contributed by atoms with E-state index in [9.17, 15) is 9.90 Å². The minimum absolute atomic E-state index is 0.00360.